The van der Waals surface area contributed by atoms with Crippen molar-refractivity contribution in [3.05, 3.63) is 47.8 Å². The maximum absolute atomic E-state index is 11.2. The van der Waals surface area contributed by atoms with Crippen LogP contribution in [0.25, 0.3) is 16.8 Å². The molecule has 0 unspecified atom stereocenters. The number of carboxylic acids is 1. The molecule has 134 valence electrons. The van der Waals surface area contributed by atoms with E-state index in [9.17, 15) is 9.90 Å². The van der Waals surface area contributed by atoms with Crippen LogP contribution in [-0.2, 0) is 4.79 Å². The maximum atomic E-state index is 11.2. The zero-order valence-electron chi connectivity index (χ0n) is 15.0. The van der Waals surface area contributed by atoms with E-state index in [4.69, 9.17) is 5.10 Å². The van der Waals surface area contributed by atoms with E-state index in [0.717, 1.165) is 22.6 Å². The number of hydrogen-bond acceptors (Lipinski definition) is 4. The van der Waals surface area contributed by atoms with Gasteiger partial charge in [0.2, 0.25) is 0 Å². The molecule has 4 rings (SSSR count). The molecule has 1 aromatic carbocycles. The monoisotopic (exact) mass is 350 g/mol. The Bertz CT molecular complexity index is 971. The summed E-state index contributed by atoms with van der Waals surface area (Å²) in [7, 11) is 0. The van der Waals surface area contributed by atoms with Crippen LogP contribution in [0.15, 0.2) is 36.7 Å². The second-order valence-electron chi connectivity index (χ2n) is 7.03. The van der Waals surface area contributed by atoms with Crippen LogP contribution in [-0.4, -0.2) is 38.8 Å². The van der Waals surface area contributed by atoms with Crippen molar-refractivity contribution in [2.24, 2.45) is 5.92 Å². The zero-order valence-corrected chi connectivity index (χ0v) is 15.0. The summed E-state index contributed by atoms with van der Waals surface area (Å²) >= 11 is 0. The lowest BCUT2D eigenvalue weighted by Gasteiger charge is -2.31. The van der Waals surface area contributed by atoms with E-state index >= 15 is 0 Å². The van der Waals surface area contributed by atoms with E-state index in [-0.39, 0.29) is 5.92 Å². The van der Waals surface area contributed by atoms with Gasteiger partial charge in [0.15, 0.2) is 5.82 Å². The minimum absolute atomic E-state index is 0.248. The third-order valence-corrected chi connectivity index (χ3v) is 5.17. The molecule has 3 heterocycles. The number of piperidine rings is 1. The van der Waals surface area contributed by atoms with Crippen LogP contribution in [0.4, 0.5) is 5.82 Å². The average molecular weight is 350 g/mol. The highest BCUT2D eigenvalue weighted by Gasteiger charge is 2.26. The van der Waals surface area contributed by atoms with Gasteiger partial charge in [0.1, 0.15) is 5.52 Å². The van der Waals surface area contributed by atoms with Crippen LogP contribution in [0.1, 0.15) is 24.0 Å². The molecule has 0 amide bonds. The lowest BCUT2D eigenvalue weighted by molar-refractivity contribution is -0.142. The molecule has 0 radical (unpaired) electrons. The molecule has 2 aromatic heterocycles. The Morgan fingerprint density at radius 2 is 1.96 bits per heavy atom. The second-order valence-corrected chi connectivity index (χ2v) is 7.03. The highest BCUT2D eigenvalue weighted by atomic mass is 16.4. The number of anilines is 1. The fraction of sp³-hybridized carbons (Fsp3) is 0.350. The number of fused-ring (bicyclic) bond motifs is 1. The predicted octanol–water partition coefficient (Wildman–Crippen LogP) is 3.31. The molecule has 0 aliphatic carbocycles. The van der Waals surface area contributed by atoms with Gasteiger partial charge >= 0.3 is 5.97 Å². The summed E-state index contributed by atoms with van der Waals surface area (Å²) in [5.41, 5.74) is 5.44. The number of aliphatic carboxylic acids is 1. The van der Waals surface area contributed by atoms with Crippen molar-refractivity contribution >= 4 is 17.3 Å². The van der Waals surface area contributed by atoms with Crippen molar-refractivity contribution in [1.29, 1.82) is 0 Å². The van der Waals surface area contributed by atoms with E-state index in [2.05, 4.69) is 48.0 Å². The standard InChI is InChI=1S/C20H22N4O2/c1-13-3-4-16(14(2)11-13)17-12-18-19(21-7-10-24(18)22-17)23-8-5-15(6-9-23)20(25)26/h3-4,7,10-12,15H,5-6,8-9H2,1-2H3,(H,25,26). The summed E-state index contributed by atoms with van der Waals surface area (Å²) in [5, 5.41) is 13.9. The first kappa shape index (κ1) is 16.6. The smallest absolute Gasteiger partial charge is 0.306 e. The van der Waals surface area contributed by atoms with E-state index in [1.54, 1.807) is 6.20 Å². The van der Waals surface area contributed by atoms with Crippen LogP contribution < -0.4 is 4.90 Å². The fourth-order valence-electron chi connectivity index (χ4n) is 3.72. The van der Waals surface area contributed by atoms with Gasteiger partial charge in [-0.25, -0.2) is 9.50 Å². The minimum atomic E-state index is -0.697. The highest BCUT2D eigenvalue weighted by Crippen LogP contribution is 2.29. The molecule has 1 aliphatic rings. The Labute approximate surface area is 152 Å². The van der Waals surface area contributed by atoms with Gasteiger partial charge in [-0.2, -0.15) is 5.10 Å². The molecule has 1 N–H and O–H groups in total. The third kappa shape index (κ3) is 2.92. The molecular weight excluding hydrogens is 328 g/mol. The van der Waals surface area contributed by atoms with Crippen LogP contribution in [0.2, 0.25) is 0 Å². The molecule has 0 bridgehead atoms. The first-order valence-electron chi connectivity index (χ1n) is 8.92. The molecule has 1 fully saturated rings. The van der Waals surface area contributed by atoms with E-state index in [1.165, 1.54) is 11.1 Å². The molecular formula is C20H22N4O2. The number of hydrogen-bond donors (Lipinski definition) is 1. The molecule has 6 heteroatoms. The summed E-state index contributed by atoms with van der Waals surface area (Å²) in [4.78, 5) is 17.9. The number of carboxylic acid groups (broad SMARTS) is 1. The maximum Gasteiger partial charge on any atom is 0.306 e. The molecule has 26 heavy (non-hydrogen) atoms. The number of carbonyl (C=O) groups is 1. The predicted molar refractivity (Wildman–Crippen MR) is 100 cm³/mol. The summed E-state index contributed by atoms with van der Waals surface area (Å²) in [5.74, 6) is -0.0705. The molecule has 1 aliphatic heterocycles. The van der Waals surface area contributed by atoms with Crippen LogP contribution in [0.3, 0.4) is 0 Å². The Morgan fingerprint density at radius 3 is 2.65 bits per heavy atom. The highest BCUT2D eigenvalue weighted by molar-refractivity contribution is 5.77. The van der Waals surface area contributed by atoms with Gasteiger partial charge in [0.25, 0.3) is 0 Å². The molecule has 1 saturated heterocycles. The van der Waals surface area contributed by atoms with Gasteiger partial charge in [-0.15, -0.1) is 0 Å². The molecule has 0 saturated carbocycles. The van der Waals surface area contributed by atoms with Gasteiger partial charge in [-0.1, -0.05) is 23.8 Å². The van der Waals surface area contributed by atoms with E-state index in [0.29, 0.717) is 25.9 Å². The lowest BCUT2D eigenvalue weighted by Crippen LogP contribution is -2.37. The van der Waals surface area contributed by atoms with E-state index < -0.39 is 5.97 Å². The molecule has 6 nitrogen and oxygen atoms in total. The molecule has 3 aromatic rings. The quantitative estimate of drug-likeness (QED) is 0.785. The minimum Gasteiger partial charge on any atom is -0.481 e. The van der Waals surface area contributed by atoms with Gasteiger partial charge in [0, 0.05) is 31.0 Å². The normalized spacial score (nSPS) is 15.5. The number of nitrogens with zero attached hydrogens (tertiary/aromatic N) is 4. The fourth-order valence-corrected chi connectivity index (χ4v) is 3.72. The number of benzene rings is 1. The van der Waals surface area contributed by atoms with Crippen molar-refractivity contribution < 1.29 is 9.90 Å². The summed E-state index contributed by atoms with van der Waals surface area (Å²) in [6, 6.07) is 8.44. The van der Waals surface area contributed by atoms with Crippen LogP contribution in [0.5, 0.6) is 0 Å². The van der Waals surface area contributed by atoms with Gasteiger partial charge in [-0.05, 0) is 38.3 Å². The van der Waals surface area contributed by atoms with Crippen molar-refractivity contribution in [3.8, 4) is 11.3 Å². The first-order chi connectivity index (χ1) is 12.5. The second kappa shape index (κ2) is 6.44. The van der Waals surface area contributed by atoms with Gasteiger partial charge < -0.3 is 10.0 Å². The molecule has 0 spiro atoms. The Morgan fingerprint density at radius 1 is 1.19 bits per heavy atom. The SMILES string of the molecule is Cc1ccc(-c2cc3c(N4CCC(C(=O)O)CC4)nccn3n2)c(C)c1. The van der Waals surface area contributed by atoms with Crippen molar-refractivity contribution in [1.82, 2.24) is 14.6 Å². The number of rotatable bonds is 3. The van der Waals surface area contributed by atoms with E-state index in [1.807, 2.05) is 10.7 Å². The molecule has 0 atom stereocenters. The largest absolute Gasteiger partial charge is 0.481 e. The van der Waals surface area contributed by atoms with Crippen molar-refractivity contribution in [3.63, 3.8) is 0 Å². The van der Waals surface area contributed by atoms with Crippen molar-refractivity contribution in [2.45, 2.75) is 26.7 Å². The summed E-state index contributed by atoms with van der Waals surface area (Å²) in [6.07, 6.45) is 4.91. The number of aromatic nitrogens is 3. The summed E-state index contributed by atoms with van der Waals surface area (Å²) < 4.78 is 1.86. The zero-order chi connectivity index (χ0) is 18.3. The van der Waals surface area contributed by atoms with Crippen LogP contribution in [0, 0.1) is 19.8 Å². The Balaban J connectivity index is 1.69. The lowest BCUT2D eigenvalue weighted by atomic mass is 9.97. The van der Waals surface area contributed by atoms with Crippen molar-refractivity contribution in [2.75, 3.05) is 18.0 Å². The first-order valence-corrected chi connectivity index (χ1v) is 8.92. The Kier molecular flexibility index (Phi) is 4.11. The van der Waals surface area contributed by atoms with Gasteiger partial charge in [-0.3, -0.25) is 4.79 Å². The summed E-state index contributed by atoms with van der Waals surface area (Å²) in [6.45, 7) is 5.59. The van der Waals surface area contributed by atoms with Gasteiger partial charge in [0.05, 0.1) is 11.6 Å². The van der Waals surface area contributed by atoms with Crippen LogP contribution >= 0.6 is 0 Å². The topological polar surface area (TPSA) is 70.7 Å². The average Bonchev–Trinajstić information content (AvgIpc) is 3.05. The Hall–Kier alpha value is -2.89. The third-order valence-electron chi connectivity index (χ3n) is 5.17. The number of aryl methyl sites for hydroxylation is 2.